The molecule has 0 bridgehead atoms. The summed E-state index contributed by atoms with van der Waals surface area (Å²) in [7, 11) is 3.26. The molecule has 4 rings (SSSR count). The Morgan fingerprint density at radius 2 is 1.37 bits per heavy atom. The van der Waals surface area contributed by atoms with Crippen molar-refractivity contribution in [2.75, 3.05) is 41.0 Å². The zero-order valence-corrected chi connectivity index (χ0v) is 24.7. The van der Waals surface area contributed by atoms with E-state index in [1.165, 1.54) is 55.2 Å². The highest BCUT2D eigenvalue weighted by Gasteiger charge is 2.32. The van der Waals surface area contributed by atoms with Crippen molar-refractivity contribution in [1.29, 1.82) is 0 Å². The van der Waals surface area contributed by atoms with Gasteiger partial charge in [0.05, 0.1) is 13.2 Å². The maximum Gasteiger partial charge on any atom is 0.188 e. The van der Waals surface area contributed by atoms with Crippen LogP contribution in [0.4, 0.5) is 0 Å². The lowest BCUT2D eigenvalue weighted by Gasteiger charge is -2.34. The monoisotopic (exact) mass is 562 g/mol. The summed E-state index contributed by atoms with van der Waals surface area (Å²) < 4.78 is 33.5. The Labute approximate surface area is 245 Å². The summed E-state index contributed by atoms with van der Waals surface area (Å²) in [6.45, 7) is 2.68. The molecule has 0 saturated heterocycles. The van der Waals surface area contributed by atoms with Crippen molar-refractivity contribution in [1.82, 2.24) is 0 Å². The molecule has 2 atom stereocenters. The van der Waals surface area contributed by atoms with Crippen molar-refractivity contribution in [2.45, 2.75) is 69.8 Å². The van der Waals surface area contributed by atoms with E-state index in [0.29, 0.717) is 25.0 Å². The third-order valence-corrected chi connectivity index (χ3v) is 7.70. The van der Waals surface area contributed by atoms with Gasteiger partial charge in [0, 0.05) is 32.8 Å². The van der Waals surface area contributed by atoms with Gasteiger partial charge < -0.3 is 28.4 Å². The Hall–Kier alpha value is -3.06. The molecular weight excluding hydrogens is 516 g/mol. The van der Waals surface area contributed by atoms with Crippen molar-refractivity contribution in [3.8, 4) is 17.2 Å². The standard InChI is InChI=1S/C35H46O6/c1-36-26-40-30-18-16-29(17-19-30)34-25-39-35-23-31(41-27-37-2)20-21-33(35)32(34)15-11-6-4-3-5-7-12-22-38-24-28-13-9-8-10-14-28/h8-10,13-14,16-21,23,32,34H,3-7,11-12,15,22,24-27H2,1-2H3. The maximum absolute atomic E-state index is 6.28. The summed E-state index contributed by atoms with van der Waals surface area (Å²) in [5.74, 6) is 3.19. The summed E-state index contributed by atoms with van der Waals surface area (Å²) >= 11 is 0. The first-order valence-corrected chi connectivity index (χ1v) is 15.0. The Balaban J connectivity index is 1.24. The molecule has 1 aliphatic rings. The molecule has 1 heterocycles. The third kappa shape index (κ3) is 10.1. The third-order valence-electron chi connectivity index (χ3n) is 7.70. The highest BCUT2D eigenvalue weighted by Crippen LogP contribution is 2.46. The molecule has 0 saturated carbocycles. The fraction of sp³-hybridized carbons (Fsp3) is 0.486. The van der Waals surface area contributed by atoms with Crippen LogP contribution in [0.5, 0.6) is 17.2 Å². The smallest absolute Gasteiger partial charge is 0.188 e. The van der Waals surface area contributed by atoms with Crippen molar-refractivity contribution < 1.29 is 28.4 Å². The number of methoxy groups -OCH3 is 2. The molecule has 0 N–H and O–H groups in total. The number of fused-ring (bicyclic) bond motifs is 1. The van der Waals surface area contributed by atoms with Crippen LogP contribution in [-0.4, -0.2) is 41.0 Å². The number of hydrogen-bond donors (Lipinski definition) is 0. The molecule has 0 aromatic heterocycles. The molecule has 6 heteroatoms. The van der Waals surface area contributed by atoms with E-state index in [9.17, 15) is 0 Å². The van der Waals surface area contributed by atoms with Crippen LogP contribution in [0.3, 0.4) is 0 Å². The molecule has 3 aromatic carbocycles. The predicted molar refractivity (Wildman–Crippen MR) is 162 cm³/mol. The minimum Gasteiger partial charge on any atom is -0.492 e. The first kappa shape index (κ1) is 30.9. The molecule has 1 aliphatic heterocycles. The van der Waals surface area contributed by atoms with Crippen LogP contribution in [0.25, 0.3) is 0 Å². The lowest BCUT2D eigenvalue weighted by molar-refractivity contribution is 0.0506. The summed E-state index contributed by atoms with van der Waals surface area (Å²) in [4.78, 5) is 0. The highest BCUT2D eigenvalue weighted by atomic mass is 16.7. The number of rotatable bonds is 19. The Bertz CT molecular complexity index is 1120. The molecule has 3 aromatic rings. The molecule has 6 nitrogen and oxygen atoms in total. The maximum atomic E-state index is 6.28. The van der Waals surface area contributed by atoms with Crippen LogP contribution in [0.2, 0.25) is 0 Å². The van der Waals surface area contributed by atoms with E-state index in [1.807, 2.05) is 30.3 Å². The van der Waals surface area contributed by atoms with E-state index in [4.69, 9.17) is 28.4 Å². The molecule has 41 heavy (non-hydrogen) atoms. The average molecular weight is 563 g/mol. The highest BCUT2D eigenvalue weighted by molar-refractivity contribution is 5.46. The van der Waals surface area contributed by atoms with E-state index in [-0.39, 0.29) is 13.6 Å². The molecular formula is C35H46O6. The Morgan fingerprint density at radius 1 is 0.707 bits per heavy atom. The second-order valence-electron chi connectivity index (χ2n) is 10.7. The minimum absolute atomic E-state index is 0.225. The fourth-order valence-electron chi connectivity index (χ4n) is 5.52. The molecule has 0 fully saturated rings. The van der Waals surface area contributed by atoms with Crippen molar-refractivity contribution in [3.63, 3.8) is 0 Å². The largest absolute Gasteiger partial charge is 0.492 e. The average Bonchev–Trinajstić information content (AvgIpc) is 3.02. The molecule has 0 spiro atoms. The van der Waals surface area contributed by atoms with E-state index >= 15 is 0 Å². The van der Waals surface area contributed by atoms with Crippen LogP contribution in [0.15, 0.2) is 72.8 Å². The van der Waals surface area contributed by atoms with Gasteiger partial charge in [0.15, 0.2) is 13.6 Å². The van der Waals surface area contributed by atoms with Crippen molar-refractivity contribution in [2.24, 2.45) is 0 Å². The molecule has 0 radical (unpaired) electrons. The number of benzene rings is 3. The fourth-order valence-corrected chi connectivity index (χ4v) is 5.52. The van der Waals surface area contributed by atoms with Crippen LogP contribution in [0, 0.1) is 0 Å². The van der Waals surface area contributed by atoms with Gasteiger partial charge in [0.2, 0.25) is 0 Å². The van der Waals surface area contributed by atoms with E-state index in [0.717, 1.165) is 36.7 Å². The van der Waals surface area contributed by atoms with Gasteiger partial charge in [-0.25, -0.2) is 0 Å². The van der Waals surface area contributed by atoms with E-state index < -0.39 is 0 Å². The summed E-state index contributed by atoms with van der Waals surface area (Å²) in [5, 5.41) is 0. The van der Waals surface area contributed by atoms with Gasteiger partial charge in [0.25, 0.3) is 0 Å². The minimum atomic E-state index is 0.225. The molecule has 0 aliphatic carbocycles. The van der Waals surface area contributed by atoms with Gasteiger partial charge in [0.1, 0.15) is 17.2 Å². The summed E-state index contributed by atoms with van der Waals surface area (Å²) in [6.07, 6.45) is 9.81. The van der Waals surface area contributed by atoms with Crippen LogP contribution >= 0.6 is 0 Å². The number of hydrogen-bond acceptors (Lipinski definition) is 6. The van der Waals surface area contributed by atoms with Crippen LogP contribution in [-0.2, 0) is 20.8 Å². The van der Waals surface area contributed by atoms with Crippen molar-refractivity contribution in [3.05, 3.63) is 89.5 Å². The zero-order valence-electron chi connectivity index (χ0n) is 24.7. The van der Waals surface area contributed by atoms with E-state index in [2.05, 4.69) is 42.5 Å². The summed E-state index contributed by atoms with van der Waals surface area (Å²) in [5.41, 5.74) is 3.79. The quantitative estimate of drug-likeness (QED) is 0.108. The van der Waals surface area contributed by atoms with Gasteiger partial charge in [-0.05, 0) is 53.6 Å². The van der Waals surface area contributed by atoms with Gasteiger partial charge >= 0.3 is 0 Å². The number of ether oxygens (including phenoxy) is 6. The van der Waals surface area contributed by atoms with Gasteiger partial charge in [-0.2, -0.15) is 0 Å². The molecule has 222 valence electrons. The predicted octanol–water partition coefficient (Wildman–Crippen LogP) is 8.25. The van der Waals surface area contributed by atoms with E-state index in [1.54, 1.807) is 14.2 Å². The molecule has 0 amide bonds. The van der Waals surface area contributed by atoms with Crippen molar-refractivity contribution >= 4 is 0 Å². The molecule has 2 unspecified atom stereocenters. The Kier molecular flexibility index (Phi) is 13.3. The van der Waals surface area contributed by atoms with Crippen LogP contribution < -0.4 is 14.2 Å². The van der Waals surface area contributed by atoms with Gasteiger partial charge in [-0.15, -0.1) is 0 Å². The first-order chi connectivity index (χ1) is 20.3. The first-order valence-electron chi connectivity index (χ1n) is 15.0. The van der Waals surface area contributed by atoms with Gasteiger partial charge in [-0.1, -0.05) is 87.1 Å². The number of unbranched alkanes of at least 4 members (excludes halogenated alkanes) is 6. The zero-order chi connectivity index (χ0) is 28.5. The van der Waals surface area contributed by atoms with Crippen LogP contribution in [0.1, 0.15) is 79.9 Å². The summed E-state index contributed by atoms with van der Waals surface area (Å²) in [6, 6.07) is 25.0. The Morgan fingerprint density at radius 3 is 2.10 bits per heavy atom. The normalized spacial score (nSPS) is 16.1. The van der Waals surface area contributed by atoms with Gasteiger partial charge in [-0.3, -0.25) is 0 Å². The second-order valence-corrected chi connectivity index (χ2v) is 10.7. The topological polar surface area (TPSA) is 55.4 Å². The SMILES string of the molecule is COCOc1ccc(C2COc3cc(OCOC)ccc3C2CCCCCCCCCOCc2ccccc2)cc1. The second kappa shape index (κ2) is 17.7. The lowest BCUT2D eigenvalue weighted by Crippen LogP contribution is -2.24. The lowest BCUT2D eigenvalue weighted by atomic mass is 9.77.